The summed E-state index contributed by atoms with van der Waals surface area (Å²) in [5.74, 6) is 0. The first kappa shape index (κ1) is 13.6. The number of aliphatic hydroxyl groups is 1. The highest BCUT2D eigenvalue weighted by Crippen LogP contribution is 2.23. The highest BCUT2D eigenvalue weighted by molar-refractivity contribution is 5.92. The number of aromatic nitrogens is 1. The predicted molar refractivity (Wildman–Crippen MR) is 77.1 cm³/mol. The predicted octanol–water partition coefficient (Wildman–Crippen LogP) is 1.63. The number of nitrogens with one attached hydrogen (secondary N) is 1. The third-order valence-electron chi connectivity index (χ3n) is 2.92. The van der Waals surface area contributed by atoms with Gasteiger partial charge in [0.15, 0.2) is 0 Å². The lowest BCUT2D eigenvalue weighted by atomic mass is 10.1. The summed E-state index contributed by atoms with van der Waals surface area (Å²) in [5, 5.41) is 13.9. The van der Waals surface area contributed by atoms with Crippen molar-refractivity contribution in [1.29, 1.82) is 0 Å². The first-order valence-electron chi connectivity index (χ1n) is 6.26. The molecular weight excluding hydrogens is 242 g/mol. The van der Waals surface area contributed by atoms with Crippen molar-refractivity contribution in [2.45, 2.75) is 12.5 Å². The summed E-state index contributed by atoms with van der Waals surface area (Å²) >= 11 is 0. The minimum Gasteiger partial charge on any atom is -0.399 e. The molecule has 102 valence electrons. The summed E-state index contributed by atoms with van der Waals surface area (Å²) in [7, 11) is 1.58. The van der Waals surface area contributed by atoms with Gasteiger partial charge in [0, 0.05) is 36.6 Å². The topological polar surface area (TPSA) is 80.4 Å². The maximum Gasteiger partial charge on any atom is 0.0790 e. The van der Waals surface area contributed by atoms with Crippen molar-refractivity contribution >= 4 is 22.3 Å². The highest BCUT2D eigenvalue weighted by Gasteiger charge is 2.05. The summed E-state index contributed by atoms with van der Waals surface area (Å²) in [5.41, 5.74) is 8.30. The maximum atomic E-state index is 9.58. The number of hydrogen-bond acceptors (Lipinski definition) is 5. The molecule has 0 amide bonds. The van der Waals surface area contributed by atoms with Gasteiger partial charge in [-0.15, -0.1) is 0 Å². The number of methoxy groups -OCH3 is 1. The molecule has 2 aromatic rings. The molecule has 1 heterocycles. The average molecular weight is 261 g/mol. The van der Waals surface area contributed by atoms with Gasteiger partial charge in [-0.05, 0) is 30.7 Å². The lowest BCUT2D eigenvalue weighted by molar-refractivity contribution is 0.0615. The van der Waals surface area contributed by atoms with E-state index < -0.39 is 6.10 Å². The standard InChI is InChI=1S/C14H19N3O2/c1-19-9-11(18)4-6-16-13-5-7-17-14-8-10(15)2-3-12(13)14/h2-3,5,7-8,11,18H,4,6,9,15H2,1H3,(H,16,17). The number of pyridine rings is 1. The Morgan fingerprint density at radius 2 is 2.26 bits per heavy atom. The van der Waals surface area contributed by atoms with Crippen molar-refractivity contribution in [1.82, 2.24) is 4.98 Å². The normalized spacial score (nSPS) is 12.5. The van der Waals surface area contributed by atoms with Crippen LogP contribution in [0.2, 0.25) is 0 Å². The van der Waals surface area contributed by atoms with E-state index in [1.807, 2.05) is 24.3 Å². The summed E-state index contributed by atoms with van der Waals surface area (Å²) in [6.07, 6.45) is 1.93. The van der Waals surface area contributed by atoms with Crippen LogP contribution in [0.4, 0.5) is 11.4 Å². The van der Waals surface area contributed by atoms with Gasteiger partial charge >= 0.3 is 0 Å². The van der Waals surface area contributed by atoms with E-state index in [-0.39, 0.29) is 0 Å². The van der Waals surface area contributed by atoms with Gasteiger partial charge in [0.05, 0.1) is 18.2 Å². The largest absolute Gasteiger partial charge is 0.399 e. The van der Waals surface area contributed by atoms with Crippen LogP contribution in [-0.4, -0.2) is 36.5 Å². The second-order valence-corrected chi connectivity index (χ2v) is 4.46. The molecule has 0 saturated heterocycles. The van der Waals surface area contributed by atoms with E-state index in [2.05, 4.69) is 10.3 Å². The number of anilines is 2. The monoisotopic (exact) mass is 261 g/mol. The number of hydrogen-bond donors (Lipinski definition) is 3. The summed E-state index contributed by atoms with van der Waals surface area (Å²) < 4.78 is 4.89. The number of benzene rings is 1. The first-order valence-corrected chi connectivity index (χ1v) is 6.26. The zero-order valence-electron chi connectivity index (χ0n) is 11.0. The van der Waals surface area contributed by atoms with Crippen LogP contribution in [0.3, 0.4) is 0 Å². The quantitative estimate of drug-likeness (QED) is 0.689. The number of nitrogen functional groups attached to an aromatic ring is 1. The zero-order chi connectivity index (χ0) is 13.7. The highest BCUT2D eigenvalue weighted by atomic mass is 16.5. The number of fused-ring (bicyclic) bond motifs is 1. The molecule has 0 bridgehead atoms. The minimum atomic E-state index is -0.443. The van der Waals surface area contributed by atoms with Crippen LogP contribution < -0.4 is 11.1 Å². The maximum absolute atomic E-state index is 9.58. The van der Waals surface area contributed by atoms with Crippen molar-refractivity contribution in [2.24, 2.45) is 0 Å². The molecule has 0 aliphatic heterocycles. The molecule has 0 radical (unpaired) electrons. The fourth-order valence-electron chi connectivity index (χ4n) is 1.97. The lowest BCUT2D eigenvalue weighted by Crippen LogP contribution is -2.18. The van der Waals surface area contributed by atoms with Crippen LogP contribution in [0, 0.1) is 0 Å². The fraction of sp³-hybridized carbons (Fsp3) is 0.357. The van der Waals surface area contributed by atoms with E-state index in [0.29, 0.717) is 25.3 Å². The van der Waals surface area contributed by atoms with E-state index in [4.69, 9.17) is 10.5 Å². The smallest absolute Gasteiger partial charge is 0.0790 e. The Kier molecular flexibility index (Phi) is 4.54. The second kappa shape index (κ2) is 6.36. The zero-order valence-corrected chi connectivity index (χ0v) is 11.0. The third kappa shape index (κ3) is 3.56. The first-order chi connectivity index (χ1) is 9.20. The van der Waals surface area contributed by atoms with Crippen LogP contribution in [0.1, 0.15) is 6.42 Å². The second-order valence-electron chi connectivity index (χ2n) is 4.46. The fourth-order valence-corrected chi connectivity index (χ4v) is 1.97. The molecule has 0 spiro atoms. The molecule has 2 rings (SSSR count). The minimum absolute atomic E-state index is 0.356. The Labute approximate surface area is 112 Å². The van der Waals surface area contributed by atoms with Crippen LogP contribution in [-0.2, 0) is 4.74 Å². The molecule has 4 N–H and O–H groups in total. The van der Waals surface area contributed by atoms with Gasteiger partial charge in [-0.2, -0.15) is 0 Å². The van der Waals surface area contributed by atoms with E-state index >= 15 is 0 Å². The molecule has 1 aromatic heterocycles. The van der Waals surface area contributed by atoms with Crippen LogP contribution in [0.25, 0.3) is 10.9 Å². The van der Waals surface area contributed by atoms with Gasteiger partial charge in [-0.25, -0.2) is 0 Å². The van der Waals surface area contributed by atoms with E-state index in [1.54, 1.807) is 13.3 Å². The van der Waals surface area contributed by atoms with Crippen LogP contribution in [0.15, 0.2) is 30.5 Å². The molecule has 0 fully saturated rings. The summed E-state index contributed by atoms with van der Waals surface area (Å²) in [6, 6.07) is 7.57. The Bertz CT molecular complexity index is 545. The molecule has 0 aliphatic carbocycles. The lowest BCUT2D eigenvalue weighted by Gasteiger charge is -2.12. The van der Waals surface area contributed by atoms with Crippen LogP contribution in [0.5, 0.6) is 0 Å². The van der Waals surface area contributed by atoms with E-state index in [0.717, 1.165) is 16.6 Å². The van der Waals surface area contributed by atoms with E-state index in [1.165, 1.54) is 0 Å². The van der Waals surface area contributed by atoms with Crippen LogP contribution >= 0.6 is 0 Å². The molecule has 0 saturated carbocycles. The van der Waals surface area contributed by atoms with Gasteiger partial charge in [0.25, 0.3) is 0 Å². The van der Waals surface area contributed by atoms with Crippen molar-refractivity contribution in [2.75, 3.05) is 31.3 Å². The van der Waals surface area contributed by atoms with E-state index in [9.17, 15) is 5.11 Å². The van der Waals surface area contributed by atoms with Crippen molar-refractivity contribution in [3.8, 4) is 0 Å². The molecule has 5 heteroatoms. The van der Waals surface area contributed by atoms with Gasteiger partial charge in [-0.3, -0.25) is 4.98 Å². The number of rotatable bonds is 6. The molecule has 1 unspecified atom stereocenters. The van der Waals surface area contributed by atoms with Gasteiger partial charge in [-0.1, -0.05) is 0 Å². The van der Waals surface area contributed by atoms with Crippen molar-refractivity contribution < 1.29 is 9.84 Å². The third-order valence-corrected chi connectivity index (χ3v) is 2.92. The van der Waals surface area contributed by atoms with Crippen molar-refractivity contribution in [3.63, 3.8) is 0 Å². The molecule has 1 atom stereocenters. The molecular formula is C14H19N3O2. The Morgan fingerprint density at radius 3 is 3.05 bits per heavy atom. The summed E-state index contributed by atoms with van der Waals surface area (Å²) in [4.78, 5) is 4.29. The SMILES string of the molecule is COCC(O)CCNc1ccnc2cc(N)ccc12. The van der Waals surface area contributed by atoms with Crippen molar-refractivity contribution in [3.05, 3.63) is 30.5 Å². The average Bonchev–Trinajstić information content (AvgIpc) is 2.39. The van der Waals surface area contributed by atoms with Gasteiger partial charge in [0.1, 0.15) is 0 Å². The number of aliphatic hydroxyl groups excluding tert-OH is 1. The number of nitrogens with zero attached hydrogens (tertiary/aromatic N) is 1. The molecule has 5 nitrogen and oxygen atoms in total. The van der Waals surface area contributed by atoms with Gasteiger partial charge in [0.2, 0.25) is 0 Å². The molecule has 1 aromatic carbocycles. The van der Waals surface area contributed by atoms with Gasteiger partial charge < -0.3 is 20.9 Å². The Balaban J connectivity index is 2.04. The number of ether oxygens (including phenoxy) is 1. The molecule has 0 aliphatic rings. The summed E-state index contributed by atoms with van der Waals surface area (Å²) in [6.45, 7) is 1.03. The number of nitrogens with two attached hydrogens (primary N) is 1. The Hall–Kier alpha value is -1.85. The molecule has 19 heavy (non-hydrogen) atoms. The Morgan fingerprint density at radius 1 is 1.42 bits per heavy atom.